The van der Waals surface area contributed by atoms with Gasteiger partial charge in [0.05, 0.1) is 17.4 Å². The van der Waals surface area contributed by atoms with Gasteiger partial charge in [0, 0.05) is 31.2 Å². The highest BCUT2D eigenvalue weighted by Crippen LogP contribution is 2.40. The fourth-order valence-corrected chi connectivity index (χ4v) is 5.75. The quantitative estimate of drug-likeness (QED) is 0.628. The summed E-state index contributed by atoms with van der Waals surface area (Å²) in [6.07, 6.45) is 11.9. The maximum Gasteiger partial charge on any atom is 0.268 e. The predicted molar refractivity (Wildman–Crippen MR) is 129 cm³/mol. The molecule has 0 aromatic carbocycles. The molecule has 0 bridgehead atoms. The van der Waals surface area contributed by atoms with Gasteiger partial charge < -0.3 is 20.1 Å². The second-order valence-corrected chi connectivity index (χ2v) is 10.0. The van der Waals surface area contributed by atoms with E-state index in [0.29, 0.717) is 18.2 Å². The third-order valence-electron chi connectivity index (χ3n) is 7.75. The van der Waals surface area contributed by atoms with Crippen molar-refractivity contribution in [2.75, 3.05) is 29.9 Å². The Bertz CT molecular complexity index is 1170. The Labute approximate surface area is 193 Å². The van der Waals surface area contributed by atoms with Crippen LogP contribution in [-0.2, 0) is 5.54 Å². The van der Waals surface area contributed by atoms with Crippen molar-refractivity contribution in [1.29, 1.82) is 0 Å². The van der Waals surface area contributed by atoms with Crippen LogP contribution in [0.1, 0.15) is 62.4 Å². The molecule has 0 unspecified atom stereocenters. The summed E-state index contributed by atoms with van der Waals surface area (Å²) in [5.74, 6) is 2.01. The molecule has 1 amide bonds. The third-order valence-corrected chi connectivity index (χ3v) is 7.75. The van der Waals surface area contributed by atoms with Gasteiger partial charge in [0.2, 0.25) is 5.95 Å². The summed E-state index contributed by atoms with van der Waals surface area (Å²) >= 11 is 0. The first-order valence-corrected chi connectivity index (χ1v) is 12.3. The first-order chi connectivity index (χ1) is 16.1. The number of hydrogen-bond acceptors (Lipinski definition) is 6. The minimum atomic E-state index is -0.0826. The molecular weight excluding hydrogens is 414 g/mol. The van der Waals surface area contributed by atoms with Crippen LogP contribution in [0.4, 0.5) is 17.5 Å². The largest absolute Gasteiger partial charge is 0.370 e. The van der Waals surface area contributed by atoms with Crippen molar-refractivity contribution in [2.45, 2.75) is 57.4 Å². The summed E-state index contributed by atoms with van der Waals surface area (Å²) in [4.78, 5) is 29.0. The van der Waals surface area contributed by atoms with E-state index in [1.165, 1.54) is 32.1 Å². The molecule has 1 saturated carbocycles. The number of nitrogens with zero attached hydrogens (tertiary/aromatic N) is 5. The number of fused-ring (bicyclic) bond motifs is 4. The van der Waals surface area contributed by atoms with Gasteiger partial charge in [-0.15, -0.1) is 0 Å². The number of nitrogens with one attached hydrogen (secondary N) is 2. The average Bonchev–Trinajstić information content (AvgIpc) is 3.24. The summed E-state index contributed by atoms with van der Waals surface area (Å²) in [7, 11) is 0. The highest BCUT2D eigenvalue weighted by atomic mass is 16.2. The van der Waals surface area contributed by atoms with E-state index in [9.17, 15) is 4.79 Å². The van der Waals surface area contributed by atoms with E-state index < -0.39 is 0 Å². The van der Waals surface area contributed by atoms with E-state index in [1.807, 2.05) is 24.5 Å². The number of aromatic nitrogens is 4. The molecule has 3 aromatic heterocycles. The van der Waals surface area contributed by atoms with Crippen LogP contribution in [0.3, 0.4) is 0 Å². The minimum Gasteiger partial charge on any atom is -0.370 e. The smallest absolute Gasteiger partial charge is 0.268 e. The first-order valence-electron chi connectivity index (χ1n) is 12.3. The molecule has 5 heterocycles. The summed E-state index contributed by atoms with van der Waals surface area (Å²) in [6, 6.07) is 6.03. The van der Waals surface area contributed by atoms with Crippen LogP contribution >= 0.6 is 0 Å². The van der Waals surface area contributed by atoms with Crippen molar-refractivity contribution in [3.8, 4) is 0 Å². The van der Waals surface area contributed by atoms with E-state index in [4.69, 9.17) is 4.98 Å². The second-order valence-electron chi connectivity index (χ2n) is 10.0. The Kier molecular flexibility index (Phi) is 4.96. The van der Waals surface area contributed by atoms with Crippen molar-refractivity contribution in [3.63, 3.8) is 0 Å². The van der Waals surface area contributed by atoms with Crippen molar-refractivity contribution >= 4 is 34.4 Å². The number of carbonyl (C=O) groups excluding carboxylic acids is 1. The molecule has 33 heavy (non-hydrogen) atoms. The van der Waals surface area contributed by atoms with Crippen LogP contribution in [0.25, 0.3) is 11.0 Å². The average molecular weight is 446 g/mol. The van der Waals surface area contributed by atoms with Crippen LogP contribution < -0.4 is 15.5 Å². The molecule has 2 fully saturated rings. The number of hydrogen-bond donors (Lipinski definition) is 2. The molecule has 0 radical (unpaired) electrons. The van der Waals surface area contributed by atoms with E-state index in [0.717, 1.165) is 54.4 Å². The Morgan fingerprint density at radius 1 is 1.09 bits per heavy atom. The highest BCUT2D eigenvalue weighted by Gasteiger charge is 2.41. The number of pyridine rings is 1. The van der Waals surface area contributed by atoms with E-state index in [1.54, 1.807) is 0 Å². The molecule has 1 aliphatic carbocycles. The normalized spacial score (nSPS) is 20.6. The van der Waals surface area contributed by atoms with Crippen LogP contribution in [-0.4, -0.2) is 45.1 Å². The highest BCUT2D eigenvalue weighted by molar-refractivity contribution is 5.99. The number of amides is 1. The number of carbonyl (C=O) groups is 1. The molecule has 6 rings (SSSR count). The van der Waals surface area contributed by atoms with Crippen molar-refractivity contribution < 1.29 is 4.79 Å². The minimum absolute atomic E-state index is 0.0249. The maximum absolute atomic E-state index is 12.6. The van der Waals surface area contributed by atoms with E-state index >= 15 is 0 Å². The van der Waals surface area contributed by atoms with Gasteiger partial charge in [0.25, 0.3) is 5.91 Å². The molecule has 3 aromatic rings. The van der Waals surface area contributed by atoms with Gasteiger partial charge in [0.1, 0.15) is 17.2 Å². The first kappa shape index (κ1) is 20.4. The summed E-state index contributed by atoms with van der Waals surface area (Å²) in [5, 5.41) is 7.28. The zero-order chi connectivity index (χ0) is 22.4. The van der Waals surface area contributed by atoms with E-state index in [-0.39, 0.29) is 11.4 Å². The molecule has 2 aliphatic heterocycles. The standard InChI is InChI=1S/C25H31N7O/c1-17-7-11-31(12-8-17)19-5-6-21(26-15-19)29-24-27-14-18-13-20-23(33)28-16-25(9-3-2-4-10-25)32(20)22(18)30-24/h5-6,13-15,17H,2-4,7-12,16H2,1H3,(H,28,33)(H,26,27,29,30). The summed E-state index contributed by atoms with van der Waals surface area (Å²) < 4.78 is 2.20. The Morgan fingerprint density at radius 2 is 1.91 bits per heavy atom. The van der Waals surface area contributed by atoms with Gasteiger partial charge in [0.15, 0.2) is 0 Å². The van der Waals surface area contributed by atoms with Gasteiger partial charge in [-0.1, -0.05) is 26.2 Å². The molecule has 1 saturated heterocycles. The SMILES string of the molecule is CC1CCN(c2ccc(Nc3ncc4cc5n(c4n3)C3(CCCCC3)CNC5=O)nc2)CC1. The molecule has 3 aliphatic rings. The van der Waals surface area contributed by atoms with Gasteiger partial charge in [-0.2, -0.15) is 4.98 Å². The van der Waals surface area contributed by atoms with Crippen LogP contribution in [0.2, 0.25) is 0 Å². The fraction of sp³-hybridized carbons (Fsp3) is 0.520. The molecule has 0 atom stereocenters. The zero-order valence-electron chi connectivity index (χ0n) is 19.2. The third kappa shape index (κ3) is 3.61. The lowest BCUT2D eigenvalue weighted by Crippen LogP contribution is -2.52. The maximum atomic E-state index is 12.6. The summed E-state index contributed by atoms with van der Waals surface area (Å²) in [5.41, 5.74) is 2.61. The van der Waals surface area contributed by atoms with Crippen LogP contribution in [0, 0.1) is 5.92 Å². The van der Waals surface area contributed by atoms with Gasteiger partial charge in [-0.3, -0.25) is 4.79 Å². The lowest BCUT2D eigenvalue weighted by molar-refractivity contribution is 0.0833. The van der Waals surface area contributed by atoms with E-state index in [2.05, 4.69) is 43.1 Å². The van der Waals surface area contributed by atoms with Gasteiger partial charge in [-0.25, -0.2) is 9.97 Å². The number of anilines is 3. The molecule has 8 heteroatoms. The van der Waals surface area contributed by atoms with Crippen LogP contribution in [0.15, 0.2) is 30.6 Å². The zero-order valence-corrected chi connectivity index (χ0v) is 19.2. The van der Waals surface area contributed by atoms with Crippen molar-refractivity contribution in [3.05, 3.63) is 36.3 Å². The number of rotatable bonds is 3. The van der Waals surface area contributed by atoms with Gasteiger partial charge >= 0.3 is 0 Å². The summed E-state index contributed by atoms with van der Waals surface area (Å²) in [6.45, 7) is 5.17. The molecule has 8 nitrogen and oxygen atoms in total. The Balaban J connectivity index is 1.29. The Hall–Kier alpha value is -3.16. The van der Waals surface area contributed by atoms with Gasteiger partial charge in [-0.05, 0) is 49.8 Å². The predicted octanol–water partition coefficient (Wildman–Crippen LogP) is 4.21. The monoisotopic (exact) mass is 445 g/mol. The van der Waals surface area contributed by atoms with Crippen LogP contribution in [0.5, 0.6) is 0 Å². The number of piperidine rings is 1. The molecule has 1 spiro atoms. The molecular formula is C25H31N7O. The van der Waals surface area contributed by atoms with Crippen molar-refractivity contribution in [1.82, 2.24) is 24.8 Å². The Morgan fingerprint density at radius 3 is 2.67 bits per heavy atom. The molecule has 172 valence electrons. The van der Waals surface area contributed by atoms with Crippen molar-refractivity contribution in [2.24, 2.45) is 5.92 Å². The topological polar surface area (TPSA) is 88.0 Å². The second kappa shape index (κ2) is 8.01. The lowest BCUT2D eigenvalue weighted by Gasteiger charge is -2.42. The fourth-order valence-electron chi connectivity index (χ4n) is 5.75. The molecule has 2 N–H and O–H groups in total. The lowest BCUT2D eigenvalue weighted by atomic mass is 9.80.